The second kappa shape index (κ2) is 15.2. The lowest BCUT2D eigenvalue weighted by molar-refractivity contribution is -0.139. The zero-order chi connectivity index (χ0) is 29.2. The highest BCUT2D eigenvalue weighted by Gasteiger charge is 2.32. The molecule has 4 rings (SSSR count). The molecule has 0 aromatic heterocycles. The first-order valence-corrected chi connectivity index (χ1v) is 15.8. The molecule has 3 aromatic rings. The first-order valence-electron chi connectivity index (χ1n) is 14.4. The van der Waals surface area contributed by atoms with Crippen molar-refractivity contribution < 1.29 is 19.4 Å². The zero-order valence-electron chi connectivity index (χ0n) is 24.3. The number of methoxy groups -OCH3 is 1. The zero-order valence-corrected chi connectivity index (χ0v) is 25.2. The molecule has 0 aliphatic carbocycles. The molecule has 3 atom stereocenters. The SMILES string of the molecule is COC[C@H]1C[C@@H](CCc2ccccc2)CN1Cc1ccc(C(=O)N[C@@H](CCSC)C(=O)O)c(-c2ccccc2C)c1. The van der Waals surface area contributed by atoms with Gasteiger partial charge < -0.3 is 15.2 Å². The lowest BCUT2D eigenvalue weighted by Crippen LogP contribution is -2.41. The van der Waals surface area contributed by atoms with Crippen LogP contribution in [0.2, 0.25) is 0 Å². The minimum atomic E-state index is -1.01. The Labute approximate surface area is 248 Å². The van der Waals surface area contributed by atoms with Crippen molar-refractivity contribution in [3.05, 3.63) is 95.1 Å². The van der Waals surface area contributed by atoms with Crippen molar-refractivity contribution in [3.8, 4) is 11.1 Å². The number of benzene rings is 3. The topological polar surface area (TPSA) is 78.9 Å². The van der Waals surface area contributed by atoms with Crippen LogP contribution < -0.4 is 5.32 Å². The van der Waals surface area contributed by atoms with E-state index in [-0.39, 0.29) is 5.91 Å². The van der Waals surface area contributed by atoms with E-state index in [0.717, 1.165) is 54.6 Å². The summed E-state index contributed by atoms with van der Waals surface area (Å²) in [4.78, 5) is 27.8. The fraction of sp³-hybridized carbons (Fsp3) is 0.412. The molecule has 41 heavy (non-hydrogen) atoms. The summed E-state index contributed by atoms with van der Waals surface area (Å²) < 4.78 is 5.60. The van der Waals surface area contributed by atoms with E-state index in [1.54, 1.807) is 18.9 Å². The Bertz CT molecular complexity index is 1300. The molecule has 1 saturated heterocycles. The molecule has 1 aliphatic heterocycles. The molecule has 0 unspecified atom stereocenters. The fourth-order valence-corrected chi connectivity index (χ4v) is 6.29. The third-order valence-corrected chi connectivity index (χ3v) is 8.67. The number of aliphatic carboxylic acids is 1. The van der Waals surface area contributed by atoms with Crippen LogP contribution in [0.5, 0.6) is 0 Å². The Kier molecular flexibility index (Phi) is 11.4. The molecule has 1 aliphatic rings. The first-order chi connectivity index (χ1) is 19.9. The van der Waals surface area contributed by atoms with Crippen molar-refractivity contribution in [1.29, 1.82) is 0 Å². The fourth-order valence-electron chi connectivity index (χ4n) is 5.82. The molecule has 1 amide bonds. The Balaban J connectivity index is 1.56. The summed E-state index contributed by atoms with van der Waals surface area (Å²) in [6.07, 6.45) is 5.64. The number of carbonyl (C=O) groups excluding carboxylic acids is 1. The highest BCUT2D eigenvalue weighted by atomic mass is 32.2. The quantitative estimate of drug-likeness (QED) is 0.243. The number of hydrogen-bond donors (Lipinski definition) is 2. The van der Waals surface area contributed by atoms with Crippen LogP contribution in [0.4, 0.5) is 0 Å². The number of nitrogens with one attached hydrogen (secondary N) is 1. The highest BCUT2D eigenvalue weighted by Crippen LogP contribution is 2.32. The summed E-state index contributed by atoms with van der Waals surface area (Å²) in [5.41, 5.74) is 5.87. The van der Waals surface area contributed by atoms with E-state index < -0.39 is 12.0 Å². The van der Waals surface area contributed by atoms with Crippen LogP contribution in [0.3, 0.4) is 0 Å². The monoisotopic (exact) mass is 574 g/mol. The first kappa shape index (κ1) is 30.8. The van der Waals surface area contributed by atoms with Crippen molar-refractivity contribution in [2.45, 2.75) is 51.2 Å². The molecule has 1 fully saturated rings. The summed E-state index contributed by atoms with van der Waals surface area (Å²) in [5.74, 6) is -0.110. The summed E-state index contributed by atoms with van der Waals surface area (Å²) in [5, 5.41) is 12.5. The summed E-state index contributed by atoms with van der Waals surface area (Å²) in [6, 6.07) is 24.1. The van der Waals surface area contributed by atoms with E-state index in [1.807, 2.05) is 49.6 Å². The second-order valence-corrected chi connectivity index (χ2v) is 12.0. The van der Waals surface area contributed by atoms with E-state index in [0.29, 0.717) is 36.3 Å². The third kappa shape index (κ3) is 8.44. The Morgan fingerprint density at radius 2 is 1.80 bits per heavy atom. The molecule has 7 heteroatoms. The average molecular weight is 575 g/mol. The minimum Gasteiger partial charge on any atom is -0.480 e. The summed E-state index contributed by atoms with van der Waals surface area (Å²) >= 11 is 1.57. The van der Waals surface area contributed by atoms with Gasteiger partial charge in [-0.1, -0.05) is 60.7 Å². The smallest absolute Gasteiger partial charge is 0.326 e. The predicted octanol–water partition coefficient (Wildman–Crippen LogP) is 6.07. The van der Waals surface area contributed by atoms with Gasteiger partial charge in [-0.2, -0.15) is 11.8 Å². The van der Waals surface area contributed by atoms with Gasteiger partial charge in [0, 0.05) is 31.8 Å². The van der Waals surface area contributed by atoms with Crippen LogP contribution in [-0.2, 0) is 22.5 Å². The van der Waals surface area contributed by atoms with Gasteiger partial charge in [-0.25, -0.2) is 4.79 Å². The van der Waals surface area contributed by atoms with Crippen molar-refractivity contribution in [3.63, 3.8) is 0 Å². The van der Waals surface area contributed by atoms with Crippen molar-refractivity contribution in [2.24, 2.45) is 5.92 Å². The lowest BCUT2D eigenvalue weighted by Gasteiger charge is -2.24. The number of rotatable bonds is 14. The maximum Gasteiger partial charge on any atom is 0.326 e. The molecule has 1 heterocycles. The number of likely N-dealkylation sites (tertiary alicyclic amines) is 1. The van der Waals surface area contributed by atoms with Crippen LogP contribution in [0.1, 0.15) is 46.3 Å². The molecule has 3 aromatic carbocycles. The molecular weight excluding hydrogens is 532 g/mol. The summed E-state index contributed by atoms with van der Waals surface area (Å²) in [6.45, 7) is 4.51. The van der Waals surface area contributed by atoms with E-state index in [4.69, 9.17) is 4.74 Å². The van der Waals surface area contributed by atoms with E-state index in [1.165, 1.54) is 5.56 Å². The summed E-state index contributed by atoms with van der Waals surface area (Å²) in [7, 11) is 1.77. The third-order valence-electron chi connectivity index (χ3n) is 8.02. The van der Waals surface area contributed by atoms with Crippen LogP contribution in [0, 0.1) is 12.8 Å². The van der Waals surface area contributed by atoms with E-state index in [2.05, 4.69) is 46.6 Å². The van der Waals surface area contributed by atoms with Gasteiger partial charge in [-0.05, 0) is 90.5 Å². The van der Waals surface area contributed by atoms with Gasteiger partial charge in [-0.15, -0.1) is 0 Å². The number of amides is 1. The number of thioether (sulfide) groups is 1. The predicted molar refractivity (Wildman–Crippen MR) is 167 cm³/mol. The standard InChI is InChI=1S/C34H42N2O4S/c1-24-9-7-8-12-29(24)31-20-27(15-16-30(31)33(37)35-32(34(38)39)17-18-41-3)22-36-21-26(19-28(36)23-40-2)14-13-25-10-5-4-6-11-25/h4-12,15-16,20,26,28,32H,13-14,17-19,21-23H2,1-3H3,(H,35,37)(H,38,39)/t26-,28-,32+/m1/s1. The normalized spacial score (nSPS) is 17.8. The Morgan fingerprint density at radius 1 is 1.05 bits per heavy atom. The molecule has 0 spiro atoms. The Morgan fingerprint density at radius 3 is 2.51 bits per heavy atom. The molecule has 0 radical (unpaired) electrons. The lowest BCUT2D eigenvalue weighted by atomic mass is 9.93. The molecule has 0 bridgehead atoms. The van der Waals surface area contributed by atoms with Crippen molar-refractivity contribution in [2.75, 3.05) is 32.3 Å². The van der Waals surface area contributed by atoms with Crippen molar-refractivity contribution in [1.82, 2.24) is 10.2 Å². The van der Waals surface area contributed by atoms with E-state index >= 15 is 0 Å². The molecule has 2 N–H and O–H groups in total. The number of carboxylic acid groups (broad SMARTS) is 1. The molecular formula is C34H42N2O4S. The van der Waals surface area contributed by atoms with Crippen LogP contribution in [-0.4, -0.2) is 66.2 Å². The van der Waals surface area contributed by atoms with Crippen LogP contribution in [0.25, 0.3) is 11.1 Å². The van der Waals surface area contributed by atoms with Gasteiger partial charge in [0.1, 0.15) is 6.04 Å². The number of carboxylic acids is 1. The number of nitrogens with zero attached hydrogens (tertiary/aromatic N) is 1. The van der Waals surface area contributed by atoms with Crippen LogP contribution in [0.15, 0.2) is 72.8 Å². The van der Waals surface area contributed by atoms with Gasteiger partial charge >= 0.3 is 5.97 Å². The van der Waals surface area contributed by atoms with Gasteiger partial charge in [0.2, 0.25) is 0 Å². The minimum absolute atomic E-state index is 0.346. The van der Waals surface area contributed by atoms with E-state index in [9.17, 15) is 14.7 Å². The number of hydrogen-bond acceptors (Lipinski definition) is 5. The van der Waals surface area contributed by atoms with Gasteiger partial charge in [0.05, 0.1) is 6.61 Å². The Hall–Kier alpha value is -3.13. The number of carbonyl (C=O) groups is 2. The number of aryl methyl sites for hydroxylation is 2. The molecule has 218 valence electrons. The van der Waals surface area contributed by atoms with Gasteiger partial charge in [0.15, 0.2) is 0 Å². The highest BCUT2D eigenvalue weighted by molar-refractivity contribution is 7.98. The molecule has 0 saturated carbocycles. The average Bonchev–Trinajstić information content (AvgIpc) is 3.35. The van der Waals surface area contributed by atoms with Gasteiger partial charge in [0.25, 0.3) is 5.91 Å². The van der Waals surface area contributed by atoms with Crippen LogP contribution >= 0.6 is 11.8 Å². The largest absolute Gasteiger partial charge is 0.480 e. The second-order valence-electron chi connectivity index (χ2n) is 11.0. The molecule has 6 nitrogen and oxygen atoms in total. The maximum atomic E-state index is 13.4. The maximum absolute atomic E-state index is 13.4. The number of ether oxygens (including phenoxy) is 1. The van der Waals surface area contributed by atoms with Gasteiger partial charge in [-0.3, -0.25) is 9.69 Å². The van der Waals surface area contributed by atoms with Crippen molar-refractivity contribution >= 4 is 23.6 Å².